The molecule has 0 saturated heterocycles. The van der Waals surface area contributed by atoms with Gasteiger partial charge in [0.25, 0.3) is 0 Å². The molecule has 0 unspecified atom stereocenters. The molecule has 0 atom stereocenters. The van der Waals surface area contributed by atoms with E-state index >= 15 is 0 Å². The molecular weight excluding hydrogens is 200 g/mol. The first-order valence-corrected chi connectivity index (χ1v) is 5.19. The average Bonchev–Trinajstić information content (AvgIpc) is 2.62. The van der Waals surface area contributed by atoms with E-state index in [9.17, 15) is 0 Å². The molecule has 1 aliphatic rings. The molecule has 0 aromatic heterocycles. The second-order valence-corrected chi connectivity index (χ2v) is 4.26. The van der Waals surface area contributed by atoms with Crippen molar-refractivity contribution in [1.82, 2.24) is 0 Å². The van der Waals surface area contributed by atoms with Gasteiger partial charge in [-0.3, -0.25) is 0 Å². The zero-order chi connectivity index (χ0) is 9.10. The Kier molecular flexibility index (Phi) is 3.18. The van der Waals surface area contributed by atoms with E-state index in [0.29, 0.717) is 0 Å². The lowest BCUT2D eigenvalue weighted by Crippen LogP contribution is -1.83. The summed E-state index contributed by atoms with van der Waals surface area (Å²) in [5.74, 6) is 0. The SMILES string of the molecule is Clc1ccc(S[C]2[CH][CH][CH][CH]2)cc1. The Bertz CT molecular complexity index is 262. The Morgan fingerprint density at radius 3 is 2.15 bits per heavy atom. The molecule has 65 valence electrons. The second kappa shape index (κ2) is 4.39. The molecule has 5 radical (unpaired) electrons. The van der Waals surface area contributed by atoms with E-state index < -0.39 is 0 Å². The van der Waals surface area contributed by atoms with Crippen LogP contribution in [-0.2, 0) is 0 Å². The quantitative estimate of drug-likeness (QED) is 0.711. The van der Waals surface area contributed by atoms with Gasteiger partial charge >= 0.3 is 0 Å². The molecule has 2 heteroatoms. The Balaban J connectivity index is 1.97. The van der Waals surface area contributed by atoms with Crippen molar-refractivity contribution in [3.8, 4) is 0 Å². The lowest BCUT2D eigenvalue weighted by atomic mass is 10.4. The van der Waals surface area contributed by atoms with Crippen molar-refractivity contribution in [2.75, 3.05) is 0 Å². The molecule has 13 heavy (non-hydrogen) atoms. The van der Waals surface area contributed by atoms with E-state index in [-0.39, 0.29) is 0 Å². The fourth-order valence-corrected chi connectivity index (χ4v) is 2.03. The molecule has 0 amide bonds. The highest BCUT2D eigenvalue weighted by molar-refractivity contribution is 8.02. The highest BCUT2D eigenvalue weighted by Gasteiger charge is 2.17. The molecule has 0 bridgehead atoms. The fourth-order valence-electron chi connectivity index (χ4n) is 1.06. The molecule has 1 fully saturated rings. The predicted molar refractivity (Wildman–Crippen MR) is 57.8 cm³/mol. The Hall–Kier alpha value is -0.140. The van der Waals surface area contributed by atoms with Gasteiger partial charge in [-0.1, -0.05) is 11.6 Å². The van der Waals surface area contributed by atoms with Crippen LogP contribution in [0.15, 0.2) is 29.2 Å². The zero-order valence-electron chi connectivity index (χ0n) is 6.91. The number of hydrogen-bond acceptors (Lipinski definition) is 1. The van der Waals surface area contributed by atoms with Crippen LogP contribution >= 0.6 is 23.4 Å². The maximum absolute atomic E-state index is 5.78. The van der Waals surface area contributed by atoms with Crippen LogP contribution in [0, 0.1) is 30.9 Å². The van der Waals surface area contributed by atoms with Crippen molar-refractivity contribution < 1.29 is 0 Å². The highest BCUT2D eigenvalue weighted by Crippen LogP contribution is 2.38. The molecule has 0 spiro atoms. The van der Waals surface area contributed by atoms with Crippen molar-refractivity contribution in [2.24, 2.45) is 0 Å². The van der Waals surface area contributed by atoms with E-state index in [0.717, 1.165) is 5.02 Å². The molecule has 0 N–H and O–H groups in total. The zero-order valence-corrected chi connectivity index (χ0v) is 8.48. The van der Waals surface area contributed by atoms with Crippen molar-refractivity contribution in [3.63, 3.8) is 0 Å². The van der Waals surface area contributed by atoms with Crippen molar-refractivity contribution >= 4 is 23.4 Å². The molecule has 0 nitrogen and oxygen atoms in total. The second-order valence-electron chi connectivity index (χ2n) is 2.68. The third-order valence-electron chi connectivity index (χ3n) is 1.68. The van der Waals surface area contributed by atoms with E-state index in [1.54, 1.807) is 11.8 Å². The largest absolute Gasteiger partial charge is 0.117 e. The van der Waals surface area contributed by atoms with Gasteiger partial charge in [0.15, 0.2) is 0 Å². The summed E-state index contributed by atoms with van der Waals surface area (Å²) < 4.78 is 0. The van der Waals surface area contributed by atoms with E-state index in [2.05, 4.69) is 12.8 Å². The predicted octanol–water partition coefficient (Wildman–Crippen LogP) is 3.79. The molecule has 1 saturated carbocycles. The number of thioether (sulfide) groups is 1. The van der Waals surface area contributed by atoms with Crippen LogP contribution in [0.1, 0.15) is 0 Å². The maximum Gasteiger partial charge on any atom is 0.0431 e. The summed E-state index contributed by atoms with van der Waals surface area (Å²) >= 11 is 7.53. The molecule has 0 aliphatic heterocycles. The lowest BCUT2D eigenvalue weighted by molar-refractivity contribution is 1.44. The van der Waals surface area contributed by atoms with Gasteiger partial charge in [-0.15, -0.1) is 11.8 Å². The third-order valence-corrected chi connectivity index (χ3v) is 2.95. The van der Waals surface area contributed by atoms with Crippen LogP contribution in [0.2, 0.25) is 5.02 Å². The molecule has 0 heterocycles. The van der Waals surface area contributed by atoms with Crippen LogP contribution in [0.3, 0.4) is 0 Å². The number of rotatable bonds is 2. The summed E-state index contributed by atoms with van der Waals surface area (Å²) in [6, 6.07) is 7.87. The smallest absolute Gasteiger partial charge is 0.0431 e. The highest BCUT2D eigenvalue weighted by atomic mass is 35.5. The normalized spacial score (nSPS) is 17.9. The summed E-state index contributed by atoms with van der Waals surface area (Å²) in [5.41, 5.74) is 0. The molecule has 1 aromatic rings. The van der Waals surface area contributed by atoms with Gasteiger partial charge in [0, 0.05) is 15.2 Å². The standard InChI is InChI=1S/C11H8ClS/c12-9-5-7-11(8-6-9)13-10-3-1-2-4-10/h1-8H. The first-order chi connectivity index (χ1) is 6.34. The topological polar surface area (TPSA) is 0 Å². The van der Waals surface area contributed by atoms with Gasteiger partial charge in [-0.2, -0.15) is 0 Å². The molecule has 1 aliphatic carbocycles. The Morgan fingerprint density at radius 2 is 1.54 bits per heavy atom. The van der Waals surface area contributed by atoms with Crippen molar-refractivity contribution in [2.45, 2.75) is 4.90 Å². The van der Waals surface area contributed by atoms with Crippen LogP contribution in [0.25, 0.3) is 0 Å². The van der Waals surface area contributed by atoms with Crippen LogP contribution in [0.5, 0.6) is 0 Å². The molecular formula is C11H8ClS. The summed E-state index contributed by atoms with van der Waals surface area (Å²) in [6.07, 6.45) is 8.27. The maximum atomic E-state index is 5.78. The van der Waals surface area contributed by atoms with Crippen LogP contribution < -0.4 is 0 Å². The first kappa shape index (κ1) is 9.42. The number of hydrogen-bond donors (Lipinski definition) is 0. The summed E-state index contributed by atoms with van der Waals surface area (Å²) in [6.45, 7) is 0. The molecule has 2 rings (SSSR count). The van der Waals surface area contributed by atoms with Crippen LogP contribution in [-0.4, -0.2) is 0 Å². The van der Waals surface area contributed by atoms with Gasteiger partial charge < -0.3 is 0 Å². The van der Waals surface area contributed by atoms with E-state index in [1.807, 2.05) is 37.1 Å². The summed E-state index contributed by atoms with van der Waals surface area (Å²) in [5, 5.41) is 2.05. The minimum absolute atomic E-state index is 0.784. The molecule has 1 aromatic carbocycles. The van der Waals surface area contributed by atoms with E-state index in [1.165, 1.54) is 10.1 Å². The lowest BCUT2D eigenvalue weighted by Gasteiger charge is -2.06. The third kappa shape index (κ3) is 2.65. The number of benzene rings is 1. The summed E-state index contributed by atoms with van der Waals surface area (Å²) in [4.78, 5) is 1.22. The Labute approximate surface area is 88.7 Å². The van der Waals surface area contributed by atoms with Crippen LogP contribution in [0.4, 0.5) is 0 Å². The van der Waals surface area contributed by atoms with Gasteiger partial charge in [0.05, 0.1) is 0 Å². The van der Waals surface area contributed by atoms with Gasteiger partial charge in [-0.25, -0.2) is 0 Å². The van der Waals surface area contributed by atoms with Gasteiger partial charge in [0.2, 0.25) is 0 Å². The van der Waals surface area contributed by atoms with Crippen molar-refractivity contribution in [3.05, 3.63) is 60.2 Å². The monoisotopic (exact) mass is 207 g/mol. The van der Waals surface area contributed by atoms with Gasteiger partial charge in [0.1, 0.15) is 0 Å². The van der Waals surface area contributed by atoms with E-state index in [4.69, 9.17) is 11.6 Å². The number of halogens is 1. The fraction of sp³-hybridized carbons (Fsp3) is 0. The first-order valence-electron chi connectivity index (χ1n) is 4.00. The average molecular weight is 208 g/mol. The van der Waals surface area contributed by atoms with Crippen molar-refractivity contribution in [1.29, 1.82) is 0 Å². The summed E-state index contributed by atoms with van der Waals surface area (Å²) in [7, 11) is 0. The minimum atomic E-state index is 0.784. The van der Waals surface area contributed by atoms with Gasteiger partial charge in [-0.05, 0) is 49.9 Å². The minimum Gasteiger partial charge on any atom is -0.117 e. The Morgan fingerprint density at radius 1 is 0.923 bits per heavy atom.